The maximum Gasteiger partial charge on any atom is 0.220 e. The third kappa shape index (κ3) is 5.40. The highest BCUT2D eigenvalue weighted by atomic mass is 16.5. The van der Waals surface area contributed by atoms with Crippen LogP contribution in [0.25, 0.3) is 0 Å². The van der Waals surface area contributed by atoms with Gasteiger partial charge in [-0.15, -0.1) is 0 Å². The van der Waals surface area contributed by atoms with Crippen LogP contribution in [0.2, 0.25) is 0 Å². The first-order chi connectivity index (χ1) is 11.1. The van der Waals surface area contributed by atoms with Crippen LogP contribution in [0.5, 0.6) is 5.75 Å². The first kappa shape index (κ1) is 17.0. The summed E-state index contributed by atoms with van der Waals surface area (Å²) in [6.07, 6.45) is 4.68. The Kier molecular flexibility index (Phi) is 6.15. The van der Waals surface area contributed by atoms with Crippen LogP contribution < -0.4 is 10.1 Å². The van der Waals surface area contributed by atoms with Gasteiger partial charge in [-0.1, -0.05) is 18.2 Å². The summed E-state index contributed by atoms with van der Waals surface area (Å²) in [5.41, 5.74) is 3.34. The van der Waals surface area contributed by atoms with Gasteiger partial charge >= 0.3 is 0 Å². The fourth-order valence-corrected chi connectivity index (χ4v) is 2.43. The van der Waals surface area contributed by atoms with E-state index in [1.165, 1.54) is 0 Å². The van der Waals surface area contributed by atoms with E-state index in [0.717, 1.165) is 28.9 Å². The second-order valence-corrected chi connectivity index (χ2v) is 5.86. The largest absolute Gasteiger partial charge is 0.491 e. The molecule has 2 aromatic rings. The van der Waals surface area contributed by atoms with E-state index in [2.05, 4.69) is 10.3 Å². The lowest BCUT2D eigenvalue weighted by Gasteiger charge is -2.17. The van der Waals surface area contributed by atoms with Gasteiger partial charge in [0.2, 0.25) is 5.91 Å². The first-order valence-corrected chi connectivity index (χ1v) is 7.93. The van der Waals surface area contributed by atoms with Gasteiger partial charge in [-0.3, -0.25) is 9.78 Å². The van der Waals surface area contributed by atoms with E-state index >= 15 is 0 Å². The maximum atomic E-state index is 12.0. The third-order valence-corrected chi connectivity index (χ3v) is 3.68. The van der Waals surface area contributed by atoms with Crippen LogP contribution in [0, 0.1) is 13.8 Å². The van der Waals surface area contributed by atoms with Gasteiger partial charge in [-0.25, -0.2) is 0 Å². The summed E-state index contributed by atoms with van der Waals surface area (Å²) in [5, 5.41) is 2.98. The summed E-state index contributed by atoms with van der Waals surface area (Å²) in [6, 6.07) is 9.91. The fraction of sp³-hybridized carbons (Fsp3) is 0.368. The number of carbonyl (C=O) groups excluding carboxylic acids is 1. The van der Waals surface area contributed by atoms with Gasteiger partial charge in [0.05, 0.1) is 6.04 Å². The molecule has 0 aliphatic carbocycles. The van der Waals surface area contributed by atoms with Crippen molar-refractivity contribution in [3.8, 4) is 5.75 Å². The summed E-state index contributed by atoms with van der Waals surface area (Å²) in [5.74, 6) is 0.949. The van der Waals surface area contributed by atoms with Gasteiger partial charge in [-0.05, 0) is 56.0 Å². The molecule has 23 heavy (non-hydrogen) atoms. The average molecular weight is 312 g/mol. The van der Waals surface area contributed by atoms with Crippen molar-refractivity contribution in [3.63, 3.8) is 0 Å². The molecule has 1 atom stereocenters. The highest BCUT2D eigenvalue weighted by Gasteiger charge is 2.10. The lowest BCUT2D eigenvalue weighted by atomic mass is 10.1. The van der Waals surface area contributed by atoms with Crippen LogP contribution in [-0.2, 0) is 11.2 Å². The van der Waals surface area contributed by atoms with Crippen molar-refractivity contribution < 1.29 is 9.53 Å². The van der Waals surface area contributed by atoms with E-state index in [9.17, 15) is 4.79 Å². The standard InChI is InChI=1S/C19H24N2O2/c1-14-5-4-6-15(2)19(14)23-13-16(3)21-18(22)8-7-17-9-11-20-12-10-17/h4-6,9-12,16H,7-8,13H2,1-3H3,(H,21,22)/t16-/m0/s1. The van der Waals surface area contributed by atoms with E-state index in [0.29, 0.717) is 13.0 Å². The van der Waals surface area contributed by atoms with Crippen molar-refractivity contribution in [1.82, 2.24) is 10.3 Å². The van der Waals surface area contributed by atoms with Crippen molar-refractivity contribution in [2.24, 2.45) is 0 Å². The first-order valence-electron chi connectivity index (χ1n) is 7.93. The lowest BCUT2D eigenvalue weighted by molar-refractivity contribution is -0.121. The minimum absolute atomic E-state index is 0.0288. The average Bonchev–Trinajstić information content (AvgIpc) is 2.53. The predicted molar refractivity (Wildman–Crippen MR) is 91.6 cm³/mol. The number of amides is 1. The molecular weight excluding hydrogens is 288 g/mol. The number of carbonyl (C=O) groups is 1. The molecule has 0 aliphatic heterocycles. The molecule has 0 bridgehead atoms. The minimum Gasteiger partial charge on any atom is -0.491 e. The summed E-state index contributed by atoms with van der Waals surface area (Å²) in [7, 11) is 0. The number of aryl methyl sites for hydroxylation is 3. The normalized spacial score (nSPS) is 11.8. The molecule has 1 amide bonds. The highest BCUT2D eigenvalue weighted by Crippen LogP contribution is 2.22. The Morgan fingerprint density at radius 3 is 2.48 bits per heavy atom. The Morgan fingerprint density at radius 2 is 1.83 bits per heavy atom. The number of hydrogen-bond donors (Lipinski definition) is 1. The van der Waals surface area contributed by atoms with Crippen LogP contribution in [0.3, 0.4) is 0 Å². The summed E-state index contributed by atoms with van der Waals surface area (Å²) >= 11 is 0. The third-order valence-electron chi connectivity index (χ3n) is 3.68. The van der Waals surface area contributed by atoms with Gasteiger partial charge in [0.1, 0.15) is 12.4 Å². The van der Waals surface area contributed by atoms with Crippen molar-refractivity contribution in [2.45, 2.75) is 39.7 Å². The smallest absolute Gasteiger partial charge is 0.220 e. The molecule has 1 aromatic heterocycles. The highest BCUT2D eigenvalue weighted by molar-refractivity contribution is 5.76. The minimum atomic E-state index is -0.0288. The van der Waals surface area contributed by atoms with Crippen molar-refractivity contribution >= 4 is 5.91 Å². The molecule has 122 valence electrons. The Morgan fingerprint density at radius 1 is 1.17 bits per heavy atom. The number of nitrogens with zero attached hydrogens (tertiary/aromatic N) is 1. The monoisotopic (exact) mass is 312 g/mol. The van der Waals surface area contributed by atoms with E-state index < -0.39 is 0 Å². The molecule has 0 saturated carbocycles. The van der Waals surface area contributed by atoms with Crippen LogP contribution >= 0.6 is 0 Å². The lowest BCUT2D eigenvalue weighted by Crippen LogP contribution is -2.37. The Hall–Kier alpha value is -2.36. The van der Waals surface area contributed by atoms with E-state index in [4.69, 9.17) is 4.74 Å². The van der Waals surface area contributed by atoms with E-state index in [-0.39, 0.29) is 11.9 Å². The zero-order valence-electron chi connectivity index (χ0n) is 14.0. The summed E-state index contributed by atoms with van der Waals surface area (Å²) in [6.45, 7) is 6.48. The number of nitrogens with one attached hydrogen (secondary N) is 1. The predicted octanol–water partition coefficient (Wildman–Crippen LogP) is 3.21. The number of rotatable bonds is 7. The molecule has 0 unspecified atom stereocenters. The molecule has 0 fully saturated rings. The van der Waals surface area contributed by atoms with Crippen LogP contribution in [0.1, 0.15) is 30.0 Å². The molecule has 4 nitrogen and oxygen atoms in total. The molecule has 4 heteroatoms. The van der Waals surface area contributed by atoms with Gasteiger partial charge in [-0.2, -0.15) is 0 Å². The second kappa shape index (κ2) is 8.32. The fourth-order valence-electron chi connectivity index (χ4n) is 2.43. The molecule has 1 N–H and O–H groups in total. The SMILES string of the molecule is Cc1cccc(C)c1OC[C@H](C)NC(=O)CCc1ccncc1. The quantitative estimate of drug-likeness (QED) is 0.854. The molecule has 2 rings (SSSR count). The zero-order valence-corrected chi connectivity index (χ0v) is 14.0. The Balaban J connectivity index is 1.76. The number of ether oxygens (including phenoxy) is 1. The van der Waals surface area contributed by atoms with E-state index in [1.807, 2.05) is 51.1 Å². The summed E-state index contributed by atoms with van der Waals surface area (Å²) in [4.78, 5) is 16.0. The number of para-hydroxylation sites is 1. The van der Waals surface area contributed by atoms with Crippen LogP contribution in [0.15, 0.2) is 42.7 Å². The van der Waals surface area contributed by atoms with E-state index in [1.54, 1.807) is 12.4 Å². The molecular formula is C19H24N2O2. The van der Waals surface area contributed by atoms with Gasteiger partial charge in [0.15, 0.2) is 0 Å². The number of pyridine rings is 1. The molecule has 0 radical (unpaired) electrons. The van der Waals surface area contributed by atoms with Crippen molar-refractivity contribution in [1.29, 1.82) is 0 Å². The van der Waals surface area contributed by atoms with Gasteiger partial charge in [0, 0.05) is 18.8 Å². The topological polar surface area (TPSA) is 51.2 Å². The van der Waals surface area contributed by atoms with Crippen LogP contribution in [-0.4, -0.2) is 23.5 Å². The molecule has 0 aliphatic rings. The number of benzene rings is 1. The Labute approximate surface area is 137 Å². The maximum absolute atomic E-state index is 12.0. The van der Waals surface area contributed by atoms with Crippen molar-refractivity contribution in [2.75, 3.05) is 6.61 Å². The second-order valence-electron chi connectivity index (χ2n) is 5.86. The van der Waals surface area contributed by atoms with Crippen LogP contribution in [0.4, 0.5) is 0 Å². The van der Waals surface area contributed by atoms with Gasteiger partial charge < -0.3 is 10.1 Å². The molecule has 0 spiro atoms. The number of aromatic nitrogens is 1. The summed E-state index contributed by atoms with van der Waals surface area (Å²) < 4.78 is 5.87. The number of hydrogen-bond acceptors (Lipinski definition) is 3. The van der Waals surface area contributed by atoms with Gasteiger partial charge in [0.25, 0.3) is 0 Å². The zero-order chi connectivity index (χ0) is 16.7. The molecule has 0 saturated heterocycles. The van der Waals surface area contributed by atoms with Crippen molar-refractivity contribution in [3.05, 3.63) is 59.4 Å². The molecule has 1 aromatic carbocycles. The molecule has 1 heterocycles. The Bertz CT molecular complexity index is 621.